The van der Waals surface area contributed by atoms with Gasteiger partial charge in [0.2, 0.25) is 0 Å². The summed E-state index contributed by atoms with van der Waals surface area (Å²) in [7, 11) is 2.22. The van der Waals surface area contributed by atoms with E-state index in [1.165, 1.54) is 17.7 Å². The van der Waals surface area contributed by atoms with Crippen LogP contribution in [0.5, 0.6) is 0 Å². The van der Waals surface area contributed by atoms with Gasteiger partial charge in [-0.1, -0.05) is 25.1 Å². The van der Waals surface area contributed by atoms with Crippen molar-refractivity contribution in [1.29, 1.82) is 0 Å². The van der Waals surface area contributed by atoms with Crippen molar-refractivity contribution in [3.05, 3.63) is 29.8 Å². The number of fused-ring (bicyclic) bond motifs is 1. The highest BCUT2D eigenvalue weighted by Crippen LogP contribution is 2.25. The van der Waals surface area contributed by atoms with Gasteiger partial charge in [0.1, 0.15) is 0 Å². The molecule has 0 radical (unpaired) electrons. The highest BCUT2D eigenvalue weighted by molar-refractivity contribution is 5.56. The third-order valence-corrected chi connectivity index (χ3v) is 3.69. The van der Waals surface area contributed by atoms with E-state index in [0.717, 1.165) is 13.0 Å². The number of para-hydroxylation sites is 1. The number of anilines is 1. The van der Waals surface area contributed by atoms with E-state index in [4.69, 9.17) is 0 Å². The lowest BCUT2D eigenvalue weighted by molar-refractivity contribution is 0.243. The molecule has 0 saturated heterocycles. The Balaban J connectivity index is 1.92. The number of hydrogen-bond donors (Lipinski definition) is 1. The summed E-state index contributed by atoms with van der Waals surface area (Å²) in [6.45, 7) is 5.67. The molecule has 0 fully saturated rings. The molecular weight excluding hydrogens is 196 g/mol. The summed E-state index contributed by atoms with van der Waals surface area (Å²) in [6.07, 6.45) is 2.38. The van der Waals surface area contributed by atoms with Crippen LogP contribution in [0, 0.1) is 0 Å². The number of nitrogens with one attached hydrogen (secondary N) is 1. The average molecular weight is 218 g/mol. The zero-order valence-electron chi connectivity index (χ0n) is 10.5. The Morgan fingerprint density at radius 2 is 2.19 bits per heavy atom. The smallest absolute Gasteiger partial charge is 0.0429 e. The second-order valence-electron chi connectivity index (χ2n) is 4.90. The first-order valence-corrected chi connectivity index (χ1v) is 6.25. The quantitative estimate of drug-likeness (QED) is 0.836. The van der Waals surface area contributed by atoms with Gasteiger partial charge in [-0.25, -0.2) is 0 Å². The van der Waals surface area contributed by atoms with E-state index < -0.39 is 0 Å². The average Bonchev–Trinajstić information content (AvgIpc) is 2.69. The molecule has 0 spiro atoms. The Bertz CT molecular complexity index is 323. The number of benzene rings is 1. The highest BCUT2D eigenvalue weighted by atomic mass is 15.2. The maximum Gasteiger partial charge on any atom is 0.0429 e. The molecule has 2 rings (SSSR count). The van der Waals surface area contributed by atoms with Gasteiger partial charge in [-0.3, -0.25) is 0 Å². The van der Waals surface area contributed by atoms with Crippen LogP contribution < -0.4 is 5.32 Å². The Morgan fingerprint density at radius 1 is 1.44 bits per heavy atom. The van der Waals surface area contributed by atoms with Crippen molar-refractivity contribution >= 4 is 5.69 Å². The molecule has 2 unspecified atom stereocenters. The number of likely N-dealkylation sites (N-methyl/N-ethyl adjacent to an activating group) is 1. The first-order chi connectivity index (χ1) is 7.70. The van der Waals surface area contributed by atoms with E-state index in [0.29, 0.717) is 12.1 Å². The van der Waals surface area contributed by atoms with Crippen molar-refractivity contribution in [2.24, 2.45) is 0 Å². The Hall–Kier alpha value is -1.02. The van der Waals surface area contributed by atoms with Crippen molar-refractivity contribution in [1.82, 2.24) is 4.90 Å². The van der Waals surface area contributed by atoms with E-state index in [1.807, 2.05) is 0 Å². The molecule has 1 aromatic carbocycles. The monoisotopic (exact) mass is 218 g/mol. The SMILES string of the molecule is CCC(C)N(C)CC1Cc2ccccc2N1. The third kappa shape index (κ3) is 2.38. The van der Waals surface area contributed by atoms with Crippen LogP contribution in [-0.2, 0) is 6.42 Å². The molecule has 2 heteroatoms. The van der Waals surface area contributed by atoms with Gasteiger partial charge in [0.05, 0.1) is 0 Å². The summed E-state index contributed by atoms with van der Waals surface area (Å²) in [5.74, 6) is 0. The van der Waals surface area contributed by atoms with Crippen LogP contribution in [0.25, 0.3) is 0 Å². The van der Waals surface area contributed by atoms with Gasteiger partial charge in [-0.05, 0) is 38.4 Å². The lowest BCUT2D eigenvalue weighted by atomic mass is 10.1. The van der Waals surface area contributed by atoms with Crippen LogP contribution in [0.2, 0.25) is 0 Å². The standard InChI is InChI=1S/C14H22N2/c1-4-11(2)16(3)10-13-9-12-7-5-6-8-14(12)15-13/h5-8,11,13,15H,4,9-10H2,1-3H3. The second-order valence-corrected chi connectivity index (χ2v) is 4.90. The van der Waals surface area contributed by atoms with Crippen LogP contribution in [0.4, 0.5) is 5.69 Å². The van der Waals surface area contributed by atoms with Crippen LogP contribution >= 0.6 is 0 Å². The Morgan fingerprint density at radius 3 is 2.88 bits per heavy atom. The molecule has 1 heterocycles. The van der Waals surface area contributed by atoms with Gasteiger partial charge in [-0.15, -0.1) is 0 Å². The molecule has 1 aliphatic heterocycles. The Kier molecular flexibility index (Phi) is 3.49. The molecule has 0 aromatic heterocycles. The molecule has 1 aliphatic rings. The molecule has 1 aromatic rings. The van der Waals surface area contributed by atoms with Crippen LogP contribution in [0.3, 0.4) is 0 Å². The van der Waals surface area contributed by atoms with E-state index >= 15 is 0 Å². The molecule has 2 atom stereocenters. The molecule has 0 saturated carbocycles. The molecule has 1 N–H and O–H groups in total. The number of hydrogen-bond acceptors (Lipinski definition) is 2. The summed E-state index contributed by atoms with van der Waals surface area (Å²) in [4.78, 5) is 2.45. The van der Waals surface area contributed by atoms with Crippen LogP contribution in [0.1, 0.15) is 25.8 Å². The topological polar surface area (TPSA) is 15.3 Å². The fourth-order valence-corrected chi connectivity index (χ4v) is 2.32. The van der Waals surface area contributed by atoms with Gasteiger partial charge in [-0.2, -0.15) is 0 Å². The van der Waals surface area contributed by atoms with Gasteiger partial charge in [0, 0.05) is 24.3 Å². The van der Waals surface area contributed by atoms with E-state index in [9.17, 15) is 0 Å². The fraction of sp³-hybridized carbons (Fsp3) is 0.571. The predicted molar refractivity (Wildman–Crippen MR) is 69.9 cm³/mol. The largest absolute Gasteiger partial charge is 0.380 e. The second kappa shape index (κ2) is 4.88. The molecule has 0 aliphatic carbocycles. The zero-order valence-corrected chi connectivity index (χ0v) is 10.5. The minimum Gasteiger partial charge on any atom is -0.380 e. The number of nitrogens with zero attached hydrogens (tertiary/aromatic N) is 1. The summed E-state index contributed by atoms with van der Waals surface area (Å²) in [5.41, 5.74) is 2.79. The van der Waals surface area contributed by atoms with E-state index in [1.54, 1.807) is 0 Å². The van der Waals surface area contributed by atoms with E-state index in [2.05, 4.69) is 55.4 Å². The molecule has 16 heavy (non-hydrogen) atoms. The lowest BCUT2D eigenvalue weighted by Gasteiger charge is -2.26. The van der Waals surface area contributed by atoms with Crippen LogP contribution in [-0.4, -0.2) is 30.6 Å². The van der Waals surface area contributed by atoms with Gasteiger partial charge in [0.15, 0.2) is 0 Å². The minimum atomic E-state index is 0.580. The summed E-state index contributed by atoms with van der Waals surface area (Å²) in [5, 5.41) is 3.60. The maximum absolute atomic E-state index is 3.60. The Labute approximate surface area is 98.7 Å². The lowest BCUT2D eigenvalue weighted by Crippen LogP contribution is -2.38. The summed E-state index contributed by atoms with van der Waals surface area (Å²) in [6, 6.07) is 9.89. The first kappa shape index (κ1) is 11.5. The maximum atomic E-state index is 3.60. The first-order valence-electron chi connectivity index (χ1n) is 6.25. The van der Waals surface area contributed by atoms with Gasteiger partial charge < -0.3 is 10.2 Å². The molecule has 2 nitrogen and oxygen atoms in total. The van der Waals surface area contributed by atoms with Crippen molar-refractivity contribution in [2.75, 3.05) is 18.9 Å². The number of rotatable bonds is 4. The predicted octanol–water partition coefficient (Wildman–Crippen LogP) is 2.75. The van der Waals surface area contributed by atoms with Gasteiger partial charge >= 0.3 is 0 Å². The molecule has 0 amide bonds. The van der Waals surface area contributed by atoms with Crippen molar-refractivity contribution in [3.8, 4) is 0 Å². The summed E-state index contributed by atoms with van der Waals surface area (Å²) < 4.78 is 0. The van der Waals surface area contributed by atoms with Crippen molar-refractivity contribution < 1.29 is 0 Å². The minimum absolute atomic E-state index is 0.580. The van der Waals surface area contributed by atoms with Crippen LogP contribution in [0.15, 0.2) is 24.3 Å². The highest BCUT2D eigenvalue weighted by Gasteiger charge is 2.22. The zero-order chi connectivity index (χ0) is 11.5. The van der Waals surface area contributed by atoms with Crippen molar-refractivity contribution in [2.45, 2.75) is 38.8 Å². The molecule has 0 bridgehead atoms. The van der Waals surface area contributed by atoms with E-state index in [-0.39, 0.29) is 0 Å². The third-order valence-electron chi connectivity index (χ3n) is 3.69. The van der Waals surface area contributed by atoms with Gasteiger partial charge in [0.25, 0.3) is 0 Å². The normalized spacial score (nSPS) is 20.6. The summed E-state index contributed by atoms with van der Waals surface area (Å²) >= 11 is 0. The molecular formula is C14H22N2. The molecule has 88 valence electrons. The fourth-order valence-electron chi connectivity index (χ4n) is 2.32. The van der Waals surface area contributed by atoms with Crippen molar-refractivity contribution in [3.63, 3.8) is 0 Å².